The minimum atomic E-state index is 0.0251. The molecule has 1 aliphatic rings. The van der Waals surface area contributed by atoms with Crippen LogP contribution in [0.3, 0.4) is 0 Å². The quantitative estimate of drug-likeness (QED) is 0.874. The van der Waals surface area contributed by atoms with Gasteiger partial charge in [-0.2, -0.15) is 0 Å². The Morgan fingerprint density at radius 2 is 2.33 bits per heavy atom. The molecule has 18 heavy (non-hydrogen) atoms. The summed E-state index contributed by atoms with van der Waals surface area (Å²) in [7, 11) is 2.05. The Bertz CT molecular complexity index is 426. The first-order chi connectivity index (χ1) is 8.61. The van der Waals surface area contributed by atoms with Gasteiger partial charge in [-0.15, -0.1) is 0 Å². The average Bonchev–Trinajstić information content (AvgIpc) is 3.12. The minimum absolute atomic E-state index is 0.0251. The van der Waals surface area contributed by atoms with Gasteiger partial charge in [-0.1, -0.05) is 6.92 Å². The van der Waals surface area contributed by atoms with Crippen LogP contribution in [0.1, 0.15) is 36.3 Å². The summed E-state index contributed by atoms with van der Waals surface area (Å²) in [5, 5.41) is 2.98. The highest BCUT2D eigenvalue weighted by atomic mass is 79.9. The SMILES string of the molecule is CCN(C)CCNC(=O)c1cc(Br)cn1C1CC1. The second-order valence-electron chi connectivity index (χ2n) is 4.83. The summed E-state index contributed by atoms with van der Waals surface area (Å²) in [4.78, 5) is 14.3. The van der Waals surface area contributed by atoms with Crippen LogP contribution in [0.25, 0.3) is 0 Å². The van der Waals surface area contributed by atoms with E-state index in [4.69, 9.17) is 0 Å². The van der Waals surface area contributed by atoms with E-state index in [1.165, 1.54) is 12.8 Å². The molecule has 0 saturated heterocycles. The van der Waals surface area contributed by atoms with E-state index < -0.39 is 0 Å². The molecule has 1 aromatic rings. The fourth-order valence-electron chi connectivity index (χ4n) is 1.89. The number of aromatic nitrogens is 1. The molecule has 1 heterocycles. The van der Waals surface area contributed by atoms with E-state index in [0.29, 0.717) is 12.6 Å². The monoisotopic (exact) mass is 313 g/mol. The lowest BCUT2D eigenvalue weighted by Gasteiger charge is -2.14. The molecule has 1 aliphatic carbocycles. The van der Waals surface area contributed by atoms with Crippen LogP contribution in [0, 0.1) is 0 Å². The molecule has 5 heteroatoms. The van der Waals surface area contributed by atoms with E-state index in [1.54, 1.807) is 0 Å². The van der Waals surface area contributed by atoms with Crippen molar-refractivity contribution >= 4 is 21.8 Å². The van der Waals surface area contributed by atoms with Gasteiger partial charge in [-0.3, -0.25) is 4.79 Å². The van der Waals surface area contributed by atoms with Crippen LogP contribution >= 0.6 is 15.9 Å². The molecule has 1 N–H and O–H groups in total. The molecule has 0 unspecified atom stereocenters. The summed E-state index contributed by atoms with van der Waals surface area (Å²) < 4.78 is 3.06. The number of likely N-dealkylation sites (N-methyl/N-ethyl adjacent to an activating group) is 1. The van der Waals surface area contributed by atoms with E-state index in [1.807, 2.05) is 12.3 Å². The first kappa shape index (κ1) is 13.6. The fourth-order valence-corrected chi connectivity index (χ4v) is 2.33. The maximum atomic E-state index is 12.1. The van der Waals surface area contributed by atoms with Gasteiger partial charge in [0.25, 0.3) is 5.91 Å². The predicted octanol–water partition coefficient (Wildman–Crippen LogP) is 2.27. The zero-order valence-electron chi connectivity index (χ0n) is 10.9. The first-order valence-corrected chi connectivity index (χ1v) is 7.25. The number of rotatable bonds is 6. The van der Waals surface area contributed by atoms with Crippen molar-refractivity contribution in [1.82, 2.24) is 14.8 Å². The number of nitrogens with one attached hydrogen (secondary N) is 1. The van der Waals surface area contributed by atoms with Crippen LogP contribution in [-0.4, -0.2) is 42.1 Å². The molecule has 1 aromatic heterocycles. The Morgan fingerprint density at radius 3 is 2.94 bits per heavy atom. The summed E-state index contributed by atoms with van der Waals surface area (Å²) in [6.07, 6.45) is 4.37. The molecule has 0 aliphatic heterocycles. The molecule has 1 saturated carbocycles. The average molecular weight is 314 g/mol. The highest BCUT2D eigenvalue weighted by Crippen LogP contribution is 2.37. The first-order valence-electron chi connectivity index (χ1n) is 6.46. The van der Waals surface area contributed by atoms with Crippen LogP contribution in [-0.2, 0) is 0 Å². The van der Waals surface area contributed by atoms with Crippen molar-refractivity contribution in [3.8, 4) is 0 Å². The molecule has 100 valence electrons. The summed E-state index contributed by atoms with van der Waals surface area (Å²) in [6, 6.07) is 2.42. The molecule has 2 rings (SSSR count). The summed E-state index contributed by atoms with van der Waals surface area (Å²) in [5.41, 5.74) is 0.767. The van der Waals surface area contributed by atoms with Crippen molar-refractivity contribution in [1.29, 1.82) is 0 Å². The molecule has 0 spiro atoms. The largest absolute Gasteiger partial charge is 0.349 e. The molecule has 0 bridgehead atoms. The molecule has 0 aromatic carbocycles. The van der Waals surface area contributed by atoms with E-state index in [2.05, 4.69) is 44.7 Å². The van der Waals surface area contributed by atoms with Crippen molar-refractivity contribution in [2.75, 3.05) is 26.7 Å². The predicted molar refractivity (Wildman–Crippen MR) is 75.9 cm³/mol. The Morgan fingerprint density at radius 1 is 1.61 bits per heavy atom. The van der Waals surface area contributed by atoms with E-state index >= 15 is 0 Å². The molecular weight excluding hydrogens is 294 g/mol. The molecular formula is C13H20BrN3O. The van der Waals surface area contributed by atoms with Gasteiger partial charge in [0.2, 0.25) is 0 Å². The smallest absolute Gasteiger partial charge is 0.268 e. The number of carbonyl (C=O) groups is 1. The number of hydrogen-bond donors (Lipinski definition) is 1. The Hall–Kier alpha value is -0.810. The van der Waals surface area contributed by atoms with Crippen LogP contribution in [0.15, 0.2) is 16.7 Å². The van der Waals surface area contributed by atoms with Crippen LogP contribution in [0.5, 0.6) is 0 Å². The lowest BCUT2D eigenvalue weighted by atomic mass is 10.4. The molecule has 1 amide bonds. The van der Waals surface area contributed by atoms with Crippen LogP contribution < -0.4 is 5.32 Å². The van der Waals surface area contributed by atoms with Crippen molar-refractivity contribution in [2.24, 2.45) is 0 Å². The second-order valence-corrected chi connectivity index (χ2v) is 5.75. The van der Waals surface area contributed by atoms with Crippen molar-refractivity contribution in [3.05, 3.63) is 22.4 Å². The summed E-state index contributed by atoms with van der Waals surface area (Å²) in [6.45, 7) is 4.68. The Balaban J connectivity index is 1.92. The lowest BCUT2D eigenvalue weighted by Crippen LogP contribution is -2.33. The van der Waals surface area contributed by atoms with Gasteiger partial charge in [-0.05, 0) is 48.4 Å². The van der Waals surface area contributed by atoms with E-state index in [9.17, 15) is 4.79 Å². The zero-order chi connectivity index (χ0) is 13.1. The van der Waals surface area contributed by atoms with Crippen LogP contribution in [0.4, 0.5) is 0 Å². The standard InChI is InChI=1S/C13H20BrN3O/c1-3-16(2)7-6-15-13(18)12-8-10(14)9-17(12)11-4-5-11/h8-9,11H,3-7H2,1-2H3,(H,15,18). The van der Waals surface area contributed by atoms with Crippen LogP contribution in [0.2, 0.25) is 0 Å². The highest BCUT2D eigenvalue weighted by Gasteiger charge is 2.27. The number of hydrogen-bond acceptors (Lipinski definition) is 2. The zero-order valence-corrected chi connectivity index (χ0v) is 12.5. The summed E-state index contributed by atoms with van der Waals surface area (Å²) in [5.74, 6) is 0.0251. The van der Waals surface area contributed by atoms with Crippen molar-refractivity contribution in [3.63, 3.8) is 0 Å². The van der Waals surface area contributed by atoms with Gasteiger partial charge < -0.3 is 14.8 Å². The minimum Gasteiger partial charge on any atom is -0.349 e. The van der Waals surface area contributed by atoms with Gasteiger partial charge in [-0.25, -0.2) is 0 Å². The maximum absolute atomic E-state index is 12.1. The van der Waals surface area contributed by atoms with Gasteiger partial charge in [0.1, 0.15) is 5.69 Å². The van der Waals surface area contributed by atoms with Gasteiger partial charge in [0.15, 0.2) is 0 Å². The van der Waals surface area contributed by atoms with E-state index in [0.717, 1.165) is 23.3 Å². The third kappa shape index (κ3) is 3.36. The van der Waals surface area contributed by atoms with E-state index in [-0.39, 0.29) is 5.91 Å². The second kappa shape index (κ2) is 5.89. The number of carbonyl (C=O) groups excluding carboxylic acids is 1. The Kier molecular flexibility index (Phi) is 4.45. The third-order valence-electron chi connectivity index (χ3n) is 3.31. The molecule has 1 fully saturated rings. The number of amides is 1. The van der Waals surface area contributed by atoms with Crippen molar-refractivity contribution < 1.29 is 4.79 Å². The molecule has 4 nitrogen and oxygen atoms in total. The summed E-state index contributed by atoms with van der Waals surface area (Å²) >= 11 is 3.44. The Labute approximate surface area is 116 Å². The molecule has 0 radical (unpaired) electrons. The lowest BCUT2D eigenvalue weighted by molar-refractivity contribution is 0.0940. The van der Waals surface area contributed by atoms with Crippen molar-refractivity contribution in [2.45, 2.75) is 25.8 Å². The fraction of sp³-hybridized carbons (Fsp3) is 0.615. The highest BCUT2D eigenvalue weighted by molar-refractivity contribution is 9.10. The maximum Gasteiger partial charge on any atom is 0.268 e. The van der Waals surface area contributed by atoms with Gasteiger partial charge >= 0.3 is 0 Å². The normalized spacial score (nSPS) is 15.1. The van der Waals surface area contributed by atoms with Gasteiger partial charge in [0.05, 0.1) is 0 Å². The third-order valence-corrected chi connectivity index (χ3v) is 3.74. The van der Waals surface area contributed by atoms with Gasteiger partial charge in [0, 0.05) is 29.8 Å². The number of nitrogens with zero attached hydrogens (tertiary/aromatic N) is 2. The topological polar surface area (TPSA) is 37.3 Å². The number of halogens is 1. The molecule has 0 atom stereocenters.